The number of carbonyl (C=O) groups is 1. The molecule has 3 aromatic carbocycles. The number of carbonyl (C=O) groups excluding carboxylic acids is 1. The number of hydrogen-bond acceptors (Lipinski definition) is 4. The molecule has 1 aromatic heterocycles. The first-order valence-electron chi connectivity index (χ1n) is 10.2. The predicted octanol–water partition coefficient (Wildman–Crippen LogP) is 5.48. The summed E-state index contributed by atoms with van der Waals surface area (Å²) >= 11 is 1.28. The molecule has 32 heavy (non-hydrogen) atoms. The van der Waals surface area contributed by atoms with E-state index in [1.54, 1.807) is 18.2 Å². The van der Waals surface area contributed by atoms with Gasteiger partial charge in [0.25, 0.3) is 0 Å². The maximum absolute atomic E-state index is 14.5. The summed E-state index contributed by atoms with van der Waals surface area (Å²) in [5, 5.41) is 12.0. The van der Waals surface area contributed by atoms with Crippen molar-refractivity contribution in [1.29, 1.82) is 0 Å². The third-order valence-corrected chi connectivity index (χ3v) is 6.19. The lowest BCUT2D eigenvalue weighted by atomic mass is 10.1. The van der Waals surface area contributed by atoms with E-state index in [0.29, 0.717) is 23.1 Å². The second kappa shape index (κ2) is 9.78. The highest BCUT2D eigenvalue weighted by Gasteiger charge is 2.18. The monoisotopic (exact) mass is 446 g/mol. The highest BCUT2D eigenvalue weighted by atomic mass is 32.2. The van der Waals surface area contributed by atoms with E-state index in [1.807, 2.05) is 66.9 Å². The van der Waals surface area contributed by atoms with Gasteiger partial charge in [-0.15, -0.1) is 10.2 Å². The van der Waals surface area contributed by atoms with Crippen molar-refractivity contribution in [2.24, 2.45) is 0 Å². The van der Waals surface area contributed by atoms with Crippen LogP contribution in [0.4, 0.5) is 10.1 Å². The first-order valence-corrected chi connectivity index (χ1v) is 11.2. The Morgan fingerprint density at radius 2 is 1.72 bits per heavy atom. The lowest BCUT2D eigenvalue weighted by molar-refractivity contribution is -0.113. The van der Waals surface area contributed by atoms with Gasteiger partial charge in [0.15, 0.2) is 11.0 Å². The normalized spacial score (nSPS) is 10.8. The van der Waals surface area contributed by atoms with Crippen LogP contribution in [0.5, 0.6) is 0 Å². The zero-order valence-electron chi connectivity index (χ0n) is 17.9. The fraction of sp³-hybridized carbons (Fsp3) is 0.160. The third-order valence-electron chi connectivity index (χ3n) is 5.23. The van der Waals surface area contributed by atoms with E-state index in [0.717, 1.165) is 22.4 Å². The van der Waals surface area contributed by atoms with Gasteiger partial charge >= 0.3 is 0 Å². The Balaban J connectivity index is 1.57. The fourth-order valence-electron chi connectivity index (χ4n) is 3.35. The van der Waals surface area contributed by atoms with Crippen LogP contribution in [-0.2, 0) is 11.3 Å². The molecule has 0 saturated heterocycles. The summed E-state index contributed by atoms with van der Waals surface area (Å²) in [5.74, 6) is 0.102. The number of benzene rings is 3. The first-order chi connectivity index (χ1) is 15.5. The van der Waals surface area contributed by atoms with Gasteiger partial charge in [-0.3, -0.25) is 9.36 Å². The molecule has 0 aliphatic rings. The molecule has 0 bridgehead atoms. The Kier molecular flexibility index (Phi) is 6.66. The minimum absolute atomic E-state index is 0.134. The van der Waals surface area contributed by atoms with Crippen LogP contribution in [-0.4, -0.2) is 26.4 Å². The number of aryl methyl sites for hydroxylation is 1. The van der Waals surface area contributed by atoms with Crippen molar-refractivity contribution in [3.63, 3.8) is 0 Å². The van der Waals surface area contributed by atoms with Crippen LogP contribution >= 0.6 is 11.8 Å². The maximum Gasteiger partial charge on any atom is 0.234 e. The number of thioether (sulfide) groups is 1. The van der Waals surface area contributed by atoms with Crippen molar-refractivity contribution < 1.29 is 9.18 Å². The summed E-state index contributed by atoms with van der Waals surface area (Å²) in [6.45, 7) is 4.46. The highest BCUT2D eigenvalue weighted by molar-refractivity contribution is 7.99. The van der Waals surface area contributed by atoms with E-state index < -0.39 is 0 Å². The summed E-state index contributed by atoms with van der Waals surface area (Å²) in [6.07, 6.45) is 0. The quantitative estimate of drug-likeness (QED) is 0.382. The molecule has 1 N–H and O–H groups in total. The Labute approximate surface area is 190 Å². The van der Waals surface area contributed by atoms with E-state index in [1.165, 1.54) is 17.8 Å². The van der Waals surface area contributed by atoms with Gasteiger partial charge < -0.3 is 5.32 Å². The SMILES string of the molecule is Cc1cccc(NC(=O)CSc2nnc(-c3ccccc3F)n2Cc2ccccc2)c1C. The van der Waals surface area contributed by atoms with Crippen molar-refractivity contribution in [1.82, 2.24) is 14.8 Å². The van der Waals surface area contributed by atoms with Crippen LogP contribution in [0.15, 0.2) is 78.0 Å². The van der Waals surface area contributed by atoms with Gasteiger partial charge in [-0.05, 0) is 48.7 Å². The topological polar surface area (TPSA) is 59.8 Å². The molecular weight excluding hydrogens is 423 g/mol. The van der Waals surface area contributed by atoms with Gasteiger partial charge in [0.05, 0.1) is 17.9 Å². The molecule has 0 atom stereocenters. The Morgan fingerprint density at radius 1 is 0.969 bits per heavy atom. The molecule has 1 amide bonds. The largest absolute Gasteiger partial charge is 0.325 e. The molecule has 4 rings (SSSR count). The number of amides is 1. The van der Waals surface area contributed by atoms with Crippen molar-refractivity contribution in [2.45, 2.75) is 25.5 Å². The Bertz CT molecular complexity index is 1240. The highest BCUT2D eigenvalue weighted by Crippen LogP contribution is 2.27. The van der Waals surface area contributed by atoms with Crippen LogP contribution in [0.2, 0.25) is 0 Å². The molecular formula is C25H23FN4OS. The molecule has 162 valence electrons. The zero-order valence-corrected chi connectivity index (χ0v) is 18.7. The number of rotatable bonds is 7. The lowest BCUT2D eigenvalue weighted by Crippen LogP contribution is -2.16. The summed E-state index contributed by atoms with van der Waals surface area (Å²) < 4.78 is 16.3. The molecule has 0 spiro atoms. The number of anilines is 1. The number of nitrogens with one attached hydrogen (secondary N) is 1. The van der Waals surface area contributed by atoms with E-state index >= 15 is 0 Å². The molecule has 0 aliphatic carbocycles. The van der Waals surface area contributed by atoms with Crippen LogP contribution in [0.3, 0.4) is 0 Å². The third kappa shape index (κ3) is 4.89. The summed E-state index contributed by atoms with van der Waals surface area (Å²) in [5.41, 5.74) is 4.37. The Hall–Kier alpha value is -3.45. The van der Waals surface area contributed by atoms with Crippen molar-refractivity contribution in [2.75, 3.05) is 11.1 Å². The first kappa shape index (κ1) is 21.8. The van der Waals surface area contributed by atoms with Gasteiger partial charge in [0.2, 0.25) is 5.91 Å². The van der Waals surface area contributed by atoms with Gasteiger partial charge in [-0.1, -0.05) is 66.4 Å². The standard InChI is InChI=1S/C25H23FN4OS/c1-17-9-8-14-22(18(17)2)27-23(31)16-32-25-29-28-24(20-12-6-7-13-21(20)26)30(25)15-19-10-4-3-5-11-19/h3-14H,15-16H2,1-2H3,(H,27,31). The lowest BCUT2D eigenvalue weighted by Gasteiger charge is -2.12. The van der Waals surface area contributed by atoms with Gasteiger partial charge in [-0.25, -0.2) is 4.39 Å². The van der Waals surface area contributed by atoms with E-state index in [4.69, 9.17) is 0 Å². The number of aromatic nitrogens is 3. The minimum atomic E-state index is -0.363. The molecule has 0 unspecified atom stereocenters. The van der Waals surface area contributed by atoms with Gasteiger partial charge in [0.1, 0.15) is 5.82 Å². The molecule has 0 aliphatic heterocycles. The molecule has 1 heterocycles. The number of hydrogen-bond donors (Lipinski definition) is 1. The number of halogens is 1. The molecule has 0 fully saturated rings. The second-order valence-electron chi connectivity index (χ2n) is 7.44. The molecule has 7 heteroatoms. The van der Waals surface area contributed by atoms with Crippen molar-refractivity contribution in [3.8, 4) is 11.4 Å². The van der Waals surface area contributed by atoms with Gasteiger partial charge in [0, 0.05) is 5.69 Å². The van der Waals surface area contributed by atoms with E-state index in [-0.39, 0.29) is 17.5 Å². The van der Waals surface area contributed by atoms with E-state index in [2.05, 4.69) is 15.5 Å². The maximum atomic E-state index is 14.5. The Morgan fingerprint density at radius 3 is 2.50 bits per heavy atom. The summed E-state index contributed by atoms with van der Waals surface area (Å²) in [6, 6.07) is 22.1. The average Bonchev–Trinajstić information content (AvgIpc) is 3.18. The minimum Gasteiger partial charge on any atom is -0.325 e. The summed E-state index contributed by atoms with van der Waals surface area (Å²) in [4.78, 5) is 12.6. The number of nitrogens with zero attached hydrogens (tertiary/aromatic N) is 3. The average molecular weight is 447 g/mol. The fourth-order valence-corrected chi connectivity index (χ4v) is 4.09. The predicted molar refractivity (Wildman–Crippen MR) is 126 cm³/mol. The summed E-state index contributed by atoms with van der Waals surface area (Å²) in [7, 11) is 0. The smallest absolute Gasteiger partial charge is 0.234 e. The van der Waals surface area contributed by atoms with Crippen LogP contribution in [0.25, 0.3) is 11.4 Å². The molecule has 0 saturated carbocycles. The molecule has 5 nitrogen and oxygen atoms in total. The van der Waals surface area contributed by atoms with Gasteiger partial charge in [-0.2, -0.15) is 0 Å². The second-order valence-corrected chi connectivity index (χ2v) is 8.38. The van der Waals surface area contributed by atoms with Crippen LogP contribution < -0.4 is 5.32 Å². The van der Waals surface area contributed by atoms with E-state index in [9.17, 15) is 9.18 Å². The molecule has 4 aromatic rings. The molecule has 0 radical (unpaired) electrons. The van der Waals surface area contributed by atoms with Crippen LogP contribution in [0.1, 0.15) is 16.7 Å². The van der Waals surface area contributed by atoms with Crippen molar-refractivity contribution >= 4 is 23.4 Å². The van der Waals surface area contributed by atoms with Crippen LogP contribution in [0, 0.1) is 19.7 Å². The van der Waals surface area contributed by atoms with Crippen molar-refractivity contribution in [3.05, 3.63) is 95.3 Å². The zero-order chi connectivity index (χ0) is 22.5.